The van der Waals surface area contributed by atoms with Gasteiger partial charge in [0.15, 0.2) is 0 Å². The van der Waals surface area contributed by atoms with Crippen molar-refractivity contribution in [3.8, 4) is 0 Å². The zero-order chi connectivity index (χ0) is 24.3. The summed E-state index contributed by atoms with van der Waals surface area (Å²) in [5.74, 6) is 0.375. The van der Waals surface area contributed by atoms with Crippen molar-refractivity contribution in [3.63, 3.8) is 0 Å². The Kier molecular flexibility index (Phi) is 6.96. The largest absolute Gasteiger partial charge is 0.381 e. The fraction of sp³-hybridized carbons (Fsp3) is 0.400. The van der Waals surface area contributed by atoms with Gasteiger partial charge in [-0.2, -0.15) is 0 Å². The zero-order valence-corrected chi connectivity index (χ0v) is 20.4. The summed E-state index contributed by atoms with van der Waals surface area (Å²) in [6.07, 6.45) is 3.99. The Bertz CT molecular complexity index is 1150. The van der Waals surface area contributed by atoms with E-state index in [0.717, 1.165) is 61.3 Å². The number of carbonyl (C=O) groups excluding carboxylic acids is 1. The first-order valence-electron chi connectivity index (χ1n) is 12.7. The number of hydrogen-bond donors (Lipinski definition) is 0. The van der Waals surface area contributed by atoms with E-state index >= 15 is 0 Å². The van der Waals surface area contributed by atoms with E-state index in [-0.39, 0.29) is 11.7 Å². The minimum atomic E-state index is -0.480. The van der Waals surface area contributed by atoms with E-state index in [1.54, 1.807) is 0 Å². The van der Waals surface area contributed by atoms with Gasteiger partial charge >= 0.3 is 0 Å². The number of aryl methyl sites for hydroxylation is 1. The van der Waals surface area contributed by atoms with Crippen LogP contribution in [0.1, 0.15) is 59.7 Å². The normalized spacial score (nSPS) is 18.4. The van der Waals surface area contributed by atoms with Crippen molar-refractivity contribution in [3.05, 3.63) is 101 Å². The predicted octanol–water partition coefficient (Wildman–Crippen LogP) is 5.57. The Morgan fingerprint density at radius 2 is 1.69 bits per heavy atom. The molecule has 1 aromatic heterocycles. The average molecular weight is 473 g/mol. The third kappa shape index (κ3) is 5.15. The van der Waals surface area contributed by atoms with Gasteiger partial charge < -0.3 is 9.64 Å². The molecule has 0 spiro atoms. The van der Waals surface area contributed by atoms with E-state index in [4.69, 9.17) is 9.72 Å². The number of amides is 1. The molecule has 2 aliphatic heterocycles. The molecule has 4 nitrogen and oxygen atoms in total. The Labute approximate surface area is 207 Å². The molecule has 5 heteroatoms. The molecule has 0 N–H and O–H groups in total. The molecule has 0 bridgehead atoms. The molecular formula is C30H33FN2O2. The highest BCUT2D eigenvalue weighted by Gasteiger charge is 2.44. The minimum Gasteiger partial charge on any atom is -0.381 e. The lowest BCUT2D eigenvalue weighted by Crippen LogP contribution is -2.51. The molecule has 3 heterocycles. The average Bonchev–Trinajstić information content (AvgIpc) is 2.91. The number of benzene rings is 2. The quantitative estimate of drug-likeness (QED) is 0.487. The highest BCUT2D eigenvalue weighted by molar-refractivity contribution is 5.88. The molecule has 2 saturated heterocycles. The van der Waals surface area contributed by atoms with Crippen LogP contribution in [0, 0.1) is 12.7 Å². The lowest BCUT2D eigenvalue weighted by molar-refractivity contribution is -0.142. The van der Waals surface area contributed by atoms with Gasteiger partial charge in [-0.25, -0.2) is 4.39 Å². The fourth-order valence-corrected chi connectivity index (χ4v) is 5.53. The van der Waals surface area contributed by atoms with E-state index in [2.05, 4.69) is 48.2 Å². The van der Waals surface area contributed by atoms with E-state index in [1.165, 1.54) is 17.7 Å². The summed E-state index contributed by atoms with van der Waals surface area (Å²) in [5.41, 5.74) is 4.98. The van der Waals surface area contributed by atoms with Crippen molar-refractivity contribution in [2.75, 3.05) is 26.3 Å². The maximum Gasteiger partial charge on any atom is 0.233 e. The number of hydrogen-bond acceptors (Lipinski definition) is 3. The number of rotatable bonds is 5. The monoisotopic (exact) mass is 472 g/mol. The maximum absolute atomic E-state index is 13.9. The fourth-order valence-electron chi connectivity index (χ4n) is 5.53. The first-order valence-corrected chi connectivity index (χ1v) is 12.7. The Balaban J connectivity index is 1.27. The van der Waals surface area contributed by atoms with Crippen LogP contribution >= 0.6 is 0 Å². The van der Waals surface area contributed by atoms with Crippen LogP contribution in [0.15, 0.2) is 66.7 Å². The van der Waals surface area contributed by atoms with Gasteiger partial charge in [-0.1, -0.05) is 48.0 Å². The number of nitrogens with zero attached hydrogens (tertiary/aromatic N) is 2. The van der Waals surface area contributed by atoms with Crippen LogP contribution in [0.2, 0.25) is 0 Å². The number of pyridine rings is 1. The predicted molar refractivity (Wildman–Crippen MR) is 135 cm³/mol. The smallest absolute Gasteiger partial charge is 0.233 e. The van der Waals surface area contributed by atoms with Crippen LogP contribution in [0.5, 0.6) is 0 Å². The van der Waals surface area contributed by atoms with Crippen LogP contribution in [-0.4, -0.2) is 42.1 Å². The van der Waals surface area contributed by atoms with E-state index in [1.807, 2.05) is 18.2 Å². The summed E-state index contributed by atoms with van der Waals surface area (Å²) in [4.78, 5) is 20.9. The molecule has 0 aliphatic carbocycles. The van der Waals surface area contributed by atoms with Gasteiger partial charge in [-0.3, -0.25) is 9.78 Å². The molecule has 35 heavy (non-hydrogen) atoms. The molecule has 0 unspecified atom stereocenters. The Morgan fingerprint density at radius 1 is 1.00 bits per heavy atom. The van der Waals surface area contributed by atoms with Crippen molar-refractivity contribution in [1.82, 2.24) is 9.88 Å². The molecule has 2 aromatic carbocycles. The van der Waals surface area contributed by atoms with Gasteiger partial charge in [0.2, 0.25) is 5.91 Å². The molecule has 0 saturated carbocycles. The van der Waals surface area contributed by atoms with Gasteiger partial charge in [0.1, 0.15) is 5.82 Å². The second-order valence-corrected chi connectivity index (χ2v) is 9.98. The van der Waals surface area contributed by atoms with Crippen LogP contribution in [0.3, 0.4) is 0 Å². The second kappa shape index (κ2) is 10.3. The van der Waals surface area contributed by atoms with E-state index < -0.39 is 5.41 Å². The van der Waals surface area contributed by atoms with E-state index in [9.17, 15) is 9.18 Å². The molecular weight excluding hydrogens is 439 g/mol. The number of likely N-dealkylation sites (tertiary alicyclic amines) is 1. The third-order valence-corrected chi connectivity index (χ3v) is 7.69. The van der Waals surface area contributed by atoms with Gasteiger partial charge in [0, 0.05) is 50.0 Å². The minimum absolute atomic E-state index is 0.221. The Morgan fingerprint density at radius 3 is 2.37 bits per heavy atom. The van der Waals surface area contributed by atoms with Gasteiger partial charge in [-0.05, 0) is 68.0 Å². The summed E-state index contributed by atoms with van der Waals surface area (Å²) in [6.45, 7) is 4.83. The van der Waals surface area contributed by atoms with Crippen LogP contribution in [0.4, 0.5) is 4.39 Å². The molecule has 0 radical (unpaired) electrons. The first kappa shape index (κ1) is 23.7. The summed E-state index contributed by atoms with van der Waals surface area (Å²) in [7, 11) is 0. The van der Waals surface area contributed by atoms with Gasteiger partial charge in [0.05, 0.1) is 5.41 Å². The highest BCUT2D eigenvalue weighted by Crippen LogP contribution is 2.38. The van der Waals surface area contributed by atoms with Crippen molar-refractivity contribution < 1.29 is 13.9 Å². The molecule has 2 aliphatic rings. The maximum atomic E-state index is 13.9. The molecule has 2 fully saturated rings. The van der Waals surface area contributed by atoms with Gasteiger partial charge in [-0.15, -0.1) is 0 Å². The topological polar surface area (TPSA) is 42.4 Å². The molecule has 3 aromatic rings. The van der Waals surface area contributed by atoms with Crippen molar-refractivity contribution in [2.45, 2.75) is 50.4 Å². The number of aromatic nitrogens is 1. The molecule has 182 valence electrons. The highest BCUT2D eigenvalue weighted by atomic mass is 19.1. The van der Waals surface area contributed by atoms with Crippen LogP contribution < -0.4 is 0 Å². The molecule has 0 atom stereocenters. The number of piperidine rings is 1. The number of ether oxygens (including phenoxy) is 1. The SMILES string of the molecule is Cc1ccc(C2(C(=O)N3CCC(c4cccc(Cc5ccc(F)cc5)n4)CC3)CCOCC2)cc1. The van der Waals surface area contributed by atoms with Crippen molar-refractivity contribution in [1.29, 1.82) is 0 Å². The van der Waals surface area contributed by atoms with Crippen molar-refractivity contribution >= 4 is 5.91 Å². The summed E-state index contributed by atoms with van der Waals surface area (Å²) in [6, 6.07) is 21.3. The molecule has 1 amide bonds. The summed E-state index contributed by atoms with van der Waals surface area (Å²) in [5, 5.41) is 0. The summed E-state index contributed by atoms with van der Waals surface area (Å²) < 4.78 is 18.9. The number of carbonyl (C=O) groups is 1. The standard InChI is InChI=1S/C30H33FN2O2/c1-22-5-9-25(10-6-22)30(15-19-35-20-16-30)29(34)33-17-13-24(14-18-33)28-4-2-3-27(32-28)21-23-7-11-26(31)12-8-23/h2-12,24H,13-21H2,1H3. The van der Waals surface area contributed by atoms with Crippen LogP contribution in [0.25, 0.3) is 0 Å². The van der Waals surface area contributed by atoms with E-state index in [0.29, 0.717) is 25.6 Å². The Hall–Kier alpha value is -3.05. The number of halogens is 1. The first-order chi connectivity index (χ1) is 17.0. The van der Waals surface area contributed by atoms with Gasteiger partial charge in [0.25, 0.3) is 0 Å². The van der Waals surface area contributed by atoms with Crippen molar-refractivity contribution in [2.24, 2.45) is 0 Å². The summed E-state index contributed by atoms with van der Waals surface area (Å²) >= 11 is 0. The second-order valence-electron chi connectivity index (χ2n) is 9.98. The molecule has 5 rings (SSSR count). The lowest BCUT2D eigenvalue weighted by atomic mass is 9.72. The third-order valence-electron chi connectivity index (χ3n) is 7.69. The van der Waals surface area contributed by atoms with Crippen LogP contribution in [-0.2, 0) is 21.4 Å². The lowest BCUT2D eigenvalue weighted by Gasteiger charge is -2.42. The zero-order valence-electron chi connectivity index (χ0n) is 20.4.